The second kappa shape index (κ2) is 9.45. The largest absolute Gasteiger partial charge is 0.393 e. The Morgan fingerprint density at radius 2 is 1.91 bits per heavy atom. The Balaban J connectivity index is 1.29. The van der Waals surface area contributed by atoms with Gasteiger partial charge in [0.15, 0.2) is 6.23 Å². The van der Waals surface area contributed by atoms with E-state index in [2.05, 4.69) is 15.9 Å². The number of likely N-dealkylation sites (tertiary alicyclic amines) is 1. The third kappa shape index (κ3) is 4.65. The van der Waals surface area contributed by atoms with Crippen molar-refractivity contribution < 1.29 is 14.6 Å². The first kappa shape index (κ1) is 22.4. The number of halogens is 1. The van der Waals surface area contributed by atoms with Gasteiger partial charge in [-0.3, -0.25) is 4.90 Å². The van der Waals surface area contributed by atoms with Crippen molar-refractivity contribution >= 4 is 17.5 Å². The summed E-state index contributed by atoms with van der Waals surface area (Å²) in [6, 6.07) is 11.8. The molecular weight excluding hydrogens is 417 g/mol. The van der Waals surface area contributed by atoms with E-state index in [1.54, 1.807) is 11.8 Å². The summed E-state index contributed by atoms with van der Waals surface area (Å²) in [6.45, 7) is 5.90. The Hall–Kier alpha value is -2.41. The molecule has 0 spiro atoms. The van der Waals surface area contributed by atoms with Crippen molar-refractivity contribution in [3.63, 3.8) is 0 Å². The van der Waals surface area contributed by atoms with Crippen LogP contribution in [-0.4, -0.2) is 53.4 Å². The van der Waals surface area contributed by atoms with Crippen LogP contribution in [0, 0.1) is 5.82 Å². The smallest absolute Gasteiger partial charge is 0.157 e. The highest BCUT2D eigenvalue weighted by molar-refractivity contribution is 5.67. The number of nitrogens with zero attached hydrogens (tertiary/aromatic N) is 3. The van der Waals surface area contributed by atoms with Crippen LogP contribution in [0.1, 0.15) is 55.5 Å². The number of aliphatic hydroxyl groups is 2. The molecule has 0 amide bonds. The highest BCUT2D eigenvalue weighted by Crippen LogP contribution is 2.36. The van der Waals surface area contributed by atoms with Crippen LogP contribution >= 0.6 is 0 Å². The van der Waals surface area contributed by atoms with Gasteiger partial charge in [-0.1, -0.05) is 18.2 Å². The molecule has 2 saturated heterocycles. The molecule has 2 fully saturated rings. The lowest BCUT2D eigenvalue weighted by atomic mass is 9.97. The van der Waals surface area contributed by atoms with Gasteiger partial charge in [-0.25, -0.2) is 4.39 Å². The molecule has 3 aliphatic rings. The van der Waals surface area contributed by atoms with E-state index < -0.39 is 6.23 Å². The van der Waals surface area contributed by atoms with Gasteiger partial charge < -0.3 is 20.0 Å². The summed E-state index contributed by atoms with van der Waals surface area (Å²) >= 11 is 0. The first-order valence-electron chi connectivity index (χ1n) is 12.2. The number of benzene rings is 2. The molecule has 6 heteroatoms. The Morgan fingerprint density at radius 1 is 1.09 bits per heavy atom. The molecule has 3 atom stereocenters. The quantitative estimate of drug-likeness (QED) is 0.686. The van der Waals surface area contributed by atoms with E-state index in [1.165, 1.54) is 32.0 Å². The number of aryl methyl sites for hydroxylation is 1. The first-order valence-corrected chi connectivity index (χ1v) is 12.2. The predicted octanol–water partition coefficient (Wildman–Crippen LogP) is 4.30. The average Bonchev–Trinajstić information content (AvgIpc) is 3.50. The predicted molar refractivity (Wildman–Crippen MR) is 131 cm³/mol. The fraction of sp³-hybridized carbons (Fsp3) is 0.481. The molecule has 3 aliphatic heterocycles. The van der Waals surface area contributed by atoms with Crippen LogP contribution in [0.15, 0.2) is 42.6 Å². The lowest BCUT2D eigenvalue weighted by Crippen LogP contribution is -2.35. The standard InChI is InChI=1S/C27H34FN3O2/c1-19(32)4-5-20-6-8-24-21(16-20)10-15-31(27(24)33)22-7-9-26(25(28)17-22)30-14-11-23(18-30)29-12-2-3-13-29/h6-10,15-17,19,23,27,32-33H,2-5,11-14,18H2,1H3/t19-,23-,27?/m1/s1. The number of rotatable bonds is 6. The van der Waals surface area contributed by atoms with Gasteiger partial charge in [-0.15, -0.1) is 0 Å². The molecule has 1 unspecified atom stereocenters. The maximum absolute atomic E-state index is 15.2. The molecule has 2 N–H and O–H groups in total. The molecule has 0 bridgehead atoms. The van der Waals surface area contributed by atoms with Crippen molar-refractivity contribution in [2.24, 2.45) is 0 Å². The van der Waals surface area contributed by atoms with Gasteiger partial charge >= 0.3 is 0 Å². The molecule has 2 aromatic carbocycles. The number of hydrogen-bond acceptors (Lipinski definition) is 5. The third-order valence-electron chi connectivity index (χ3n) is 7.35. The van der Waals surface area contributed by atoms with Crippen LogP contribution in [-0.2, 0) is 6.42 Å². The normalized spacial score (nSPS) is 23.9. The van der Waals surface area contributed by atoms with Crippen molar-refractivity contribution in [2.45, 2.75) is 57.4 Å². The molecule has 176 valence electrons. The van der Waals surface area contributed by atoms with E-state index in [1.807, 2.05) is 36.5 Å². The van der Waals surface area contributed by atoms with E-state index in [9.17, 15) is 10.2 Å². The molecular formula is C27H34FN3O2. The van der Waals surface area contributed by atoms with Crippen LogP contribution < -0.4 is 9.80 Å². The molecule has 0 aromatic heterocycles. The van der Waals surface area contributed by atoms with E-state index >= 15 is 4.39 Å². The molecule has 33 heavy (non-hydrogen) atoms. The van der Waals surface area contributed by atoms with Crippen LogP contribution in [0.3, 0.4) is 0 Å². The summed E-state index contributed by atoms with van der Waals surface area (Å²) in [4.78, 5) is 6.42. The summed E-state index contributed by atoms with van der Waals surface area (Å²) in [6.07, 6.45) is 7.72. The number of aliphatic hydroxyl groups excluding tert-OH is 2. The second-order valence-corrected chi connectivity index (χ2v) is 9.71. The molecule has 2 aromatic rings. The first-order chi connectivity index (χ1) is 16.0. The minimum atomic E-state index is -0.868. The van der Waals surface area contributed by atoms with Gasteiger partial charge in [0.2, 0.25) is 0 Å². The van der Waals surface area contributed by atoms with Gasteiger partial charge in [0.25, 0.3) is 0 Å². The molecule has 3 heterocycles. The van der Waals surface area contributed by atoms with Gasteiger partial charge in [0.1, 0.15) is 5.82 Å². The number of fused-ring (bicyclic) bond motifs is 1. The zero-order chi connectivity index (χ0) is 22.9. The van der Waals surface area contributed by atoms with E-state index in [4.69, 9.17) is 0 Å². The number of hydrogen-bond donors (Lipinski definition) is 2. The maximum Gasteiger partial charge on any atom is 0.157 e. The molecule has 0 saturated carbocycles. The van der Waals surface area contributed by atoms with Gasteiger partial charge in [-0.2, -0.15) is 0 Å². The minimum Gasteiger partial charge on any atom is -0.393 e. The van der Waals surface area contributed by atoms with Crippen molar-refractivity contribution in [1.29, 1.82) is 0 Å². The Bertz CT molecular complexity index is 1020. The fourth-order valence-corrected chi connectivity index (χ4v) is 5.43. The highest BCUT2D eigenvalue weighted by Gasteiger charge is 2.31. The highest BCUT2D eigenvalue weighted by atomic mass is 19.1. The van der Waals surface area contributed by atoms with Crippen LogP contribution in [0.25, 0.3) is 6.08 Å². The zero-order valence-electron chi connectivity index (χ0n) is 19.3. The lowest BCUT2D eigenvalue weighted by molar-refractivity contribution is 0.181. The molecule has 5 nitrogen and oxygen atoms in total. The maximum atomic E-state index is 15.2. The van der Waals surface area contributed by atoms with E-state index in [0.717, 1.165) is 42.6 Å². The van der Waals surface area contributed by atoms with Crippen molar-refractivity contribution in [1.82, 2.24) is 4.90 Å². The van der Waals surface area contributed by atoms with Gasteiger partial charge in [0, 0.05) is 36.6 Å². The Morgan fingerprint density at radius 3 is 2.67 bits per heavy atom. The third-order valence-corrected chi connectivity index (χ3v) is 7.35. The topological polar surface area (TPSA) is 50.2 Å². The summed E-state index contributed by atoms with van der Waals surface area (Å²) in [5.74, 6) is -0.241. The van der Waals surface area contributed by atoms with E-state index in [-0.39, 0.29) is 11.9 Å². The average molecular weight is 452 g/mol. The number of anilines is 2. The Kier molecular flexibility index (Phi) is 6.41. The van der Waals surface area contributed by atoms with Crippen molar-refractivity contribution in [3.05, 3.63) is 65.1 Å². The van der Waals surface area contributed by atoms with Crippen LogP contribution in [0.4, 0.5) is 15.8 Å². The van der Waals surface area contributed by atoms with Crippen molar-refractivity contribution in [3.8, 4) is 0 Å². The fourth-order valence-electron chi connectivity index (χ4n) is 5.43. The summed E-state index contributed by atoms with van der Waals surface area (Å²) < 4.78 is 15.2. The monoisotopic (exact) mass is 451 g/mol. The molecule has 5 rings (SSSR count). The minimum absolute atomic E-state index is 0.241. The lowest BCUT2D eigenvalue weighted by Gasteiger charge is -2.32. The van der Waals surface area contributed by atoms with Crippen molar-refractivity contribution in [2.75, 3.05) is 36.0 Å². The summed E-state index contributed by atoms with van der Waals surface area (Å²) in [5.41, 5.74) is 4.19. The van der Waals surface area contributed by atoms with Crippen LogP contribution in [0.5, 0.6) is 0 Å². The molecule has 0 aliphatic carbocycles. The summed E-state index contributed by atoms with van der Waals surface area (Å²) in [7, 11) is 0. The Labute approximate surface area is 195 Å². The van der Waals surface area contributed by atoms with Crippen LogP contribution in [0.2, 0.25) is 0 Å². The molecule has 0 radical (unpaired) electrons. The second-order valence-electron chi connectivity index (χ2n) is 9.71. The van der Waals surface area contributed by atoms with Gasteiger partial charge in [-0.05, 0) is 87.5 Å². The van der Waals surface area contributed by atoms with Gasteiger partial charge in [0.05, 0.1) is 11.8 Å². The SMILES string of the molecule is C[C@@H](O)CCc1ccc2c(c1)C=CN(c1ccc(N3CC[C@@H](N4CCCC4)C3)c(F)c1)C2O. The van der Waals surface area contributed by atoms with E-state index in [0.29, 0.717) is 23.8 Å². The summed E-state index contributed by atoms with van der Waals surface area (Å²) in [5, 5.41) is 20.5. The zero-order valence-corrected chi connectivity index (χ0v) is 19.3.